The Hall–Kier alpha value is -2.05. The molecule has 0 aliphatic carbocycles. The van der Waals surface area contributed by atoms with Crippen molar-refractivity contribution >= 4 is 23.0 Å². The molecule has 1 heterocycles. The summed E-state index contributed by atoms with van der Waals surface area (Å²) in [5, 5.41) is 5.34. The van der Waals surface area contributed by atoms with Gasteiger partial charge < -0.3 is 11.1 Å². The van der Waals surface area contributed by atoms with Crippen LogP contribution in [-0.2, 0) is 16.1 Å². The molecule has 0 bridgehead atoms. The van der Waals surface area contributed by atoms with E-state index < -0.39 is 17.7 Å². The molecular formula is C16H19N3O2S. The van der Waals surface area contributed by atoms with Crippen molar-refractivity contribution in [2.75, 3.05) is 0 Å². The zero-order chi connectivity index (χ0) is 15.9. The lowest BCUT2D eigenvalue weighted by Gasteiger charge is -2.08. The molecule has 2 aromatic rings. The highest BCUT2D eigenvalue weighted by Crippen LogP contribution is 2.23. The first kappa shape index (κ1) is 16.3. The van der Waals surface area contributed by atoms with Gasteiger partial charge in [-0.05, 0) is 6.42 Å². The largest absolute Gasteiger partial charge is 0.344 e. The highest BCUT2D eigenvalue weighted by atomic mass is 32.1. The van der Waals surface area contributed by atoms with Gasteiger partial charge in [-0.25, -0.2) is 4.98 Å². The molecule has 116 valence electrons. The molecule has 0 radical (unpaired) electrons. The van der Waals surface area contributed by atoms with Crippen LogP contribution >= 0.6 is 11.3 Å². The molecule has 0 spiro atoms. The number of rotatable bonds is 7. The summed E-state index contributed by atoms with van der Waals surface area (Å²) in [6, 6.07) is 9.09. The number of carbonyl (C=O) groups is 2. The molecule has 3 N–H and O–H groups in total. The van der Waals surface area contributed by atoms with Gasteiger partial charge in [0.25, 0.3) is 5.91 Å². The number of hydrogen-bond donors (Lipinski definition) is 2. The zero-order valence-electron chi connectivity index (χ0n) is 12.4. The van der Waals surface area contributed by atoms with Crippen molar-refractivity contribution in [1.29, 1.82) is 0 Å². The van der Waals surface area contributed by atoms with Crippen molar-refractivity contribution in [2.45, 2.75) is 32.4 Å². The predicted molar refractivity (Wildman–Crippen MR) is 87.3 cm³/mol. The van der Waals surface area contributed by atoms with Crippen LogP contribution in [0.15, 0.2) is 35.7 Å². The molecule has 1 unspecified atom stereocenters. The van der Waals surface area contributed by atoms with Gasteiger partial charge in [0, 0.05) is 10.9 Å². The Kier molecular flexibility index (Phi) is 5.80. The molecule has 2 rings (SSSR count). The summed E-state index contributed by atoms with van der Waals surface area (Å²) in [7, 11) is 0. The van der Waals surface area contributed by atoms with E-state index in [0.29, 0.717) is 6.42 Å². The quantitative estimate of drug-likeness (QED) is 0.766. The fraction of sp³-hybridized carbons (Fsp3) is 0.312. The number of nitrogens with zero attached hydrogens (tertiary/aromatic N) is 1. The van der Waals surface area contributed by atoms with E-state index in [1.54, 1.807) is 0 Å². The smallest absolute Gasteiger partial charge is 0.289 e. The lowest BCUT2D eigenvalue weighted by molar-refractivity contribution is -0.138. The fourth-order valence-electron chi connectivity index (χ4n) is 1.97. The number of benzene rings is 1. The summed E-state index contributed by atoms with van der Waals surface area (Å²) < 4.78 is 0. The Labute approximate surface area is 133 Å². The molecule has 1 aromatic heterocycles. The summed E-state index contributed by atoms with van der Waals surface area (Å²) in [6.45, 7) is 2.15. The van der Waals surface area contributed by atoms with Gasteiger partial charge in [0.15, 0.2) is 0 Å². The zero-order valence-corrected chi connectivity index (χ0v) is 13.2. The molecule has 0 aliphatic heterocycles. The van der Waals surface area contributed by atoms with Crippen molar-refractivity contribution in [3.05, 3.63) is 41.4 Å². The summed E-state index contributed by atoms with van der Waals surface area (Å²) >= 11 is 1.51. The van der Waals surface area contributed by atoms with Crippen LogP contribution < -0.4 is 11.1 Å². The van der Waals surface area contributed by atoms with Crippen molar-refractivity contribution in [3.8, 4) is 10.6 Å². The van der Waals surface area contributed by atoms with E-state index in [1.807, 2.05) is 42.6 Å². The summed E-state index contributed by atoms with van der Waals surface area (Å²) in [4.78, 5) is 27.9. The number of nitrogens with two attached hydrogens (primary N) is 1. The van der Waals surface area contributed by atoms with E-state index in [9.17, 15) is 9.59 Å². The number of ketones is 1. The Morgan fingerprint density at radius 2 is 2.05 bits per heavy atom. The third-order valence-electron chi connectivity index (χ3n) is 3.16. The van der Waals surface area contributed by atoms with Crippen LogP contribution in [0.3, 0.4) is 0 Å². The van der Waals surface area contributed by atoms with E-state index in [1.165, 1.54) is 11.3 Å². The Bertz CT molecular complexity index is 640. The van der Waals surface area contributed by atoms with Crippen LogP contribution in [0.1, 0.15) is 25.5 Å². The van der Waals surface area contributed by atoms with Crippen LogP contribution in [0, 0.1) is 0 Å². The molecule has 6 heteroatoms. The van der Waals surface area contributed by atoms with E-state index in [2.05, 4.69) is 10.3 Å². The normalized spacial score (nSPS) is 11.9. The van der Waals surface area contributed by atoms with Gasteiger partial charge in [0.2, 0.25) is 5.78 Å². The standard InChI is InChI=1S/C16H19N3O2S/c1-2-6-13(17)14(20)15(21)18-9-12-10-22-16(19-12)11-7-4-3-5-8-11/h3-5,7-8,10,13H,2,6,9,17H2,1H3,(H,18,21). The molecule has 5 nitrogen and oxygen atoms in total. The Morgan fingerprint density at radius 3 is 2.73 bits per heavy atom. The van der Waals surface area contributed by atoms with Gasteiger partial charge >= 0.3 is 0 Å². The summed E-state index contributed by atoms with van der Waals surface area (Å²) in [5.41, 5.74) is 7.42. The number of nitrogens with one attached hydrogen (secondary N) is 1. The average molecular weight is 317 g/mol. The van der Waals surface area contributed by atoms with E-state index in [-0.39, 0.29) is 6.54 Å². The molecule has 0 aliphatic rings. The molecule has 1 aromatic carbocycles. The van der Waals surface area contributed by atoms with Crippen molar-refractivity contribution in [2.24, 2.45) is 5.73 Å². The second kappa shape index (κ2) is 7.82. The third kappa shape index (κ3) is 4.22. The lowest BCUT2D eigenvalue weighted by atomic mass is 10.1. The minimum atomic E-state index is -0.722. The number of amides is 1. The second-order valence-corrected chi connectivity index (χ2v) is 5.81. The van der Waals surface area contributed by atoms with Gasteiger partial charge in [-0.2, -0.15) is 0 Å². The first-order valence-corrected chi connectivity index (χ1v) is 8.07. The Balaban J connectivity index is 1.91. The number of thiazole rings is 1. The topological polar surface area (TPSA) is 85.1 Å². The van der Waals surface area contributed by atoms with E-state index in [4.69, 9.17) is 5.73 Å². The second-order valence-electron chi connectivity index (χ2n) is 4.95. The van der Waals surface area contributed by atoms with Crippen LogP contribution in [-0.4, -0.2) is 22.7 Å². The number of hydrogen-bond acceptors (Lipinski definition) is 5. The highest BCUT2D eigenvalue weighted by molar-refractivity contribution is 7.13. The first-order chi connectivity index (χ1) is 10.6. The predicted octanol–water partition coefficient (Wildman–Crippen LogP) is 2.12. The minimum Gasteiger partial charge on any atom is -0.344 e. The molecule has 1 atom stereocenters. The number of Topliss-reactive ketones (excluding diaryl/α,β-unsaturated/α-hetero) is 1. The average Bonchev–Trinajstić information content (AvgIpc) is 3.02. The van der Waals surface area contributed by atoms with Crippen LogP contribution in [0.4, 0.5) is 0 Å². The maximum absolute atomic E-state index is 11.7. The van der Waals surface area contributed by atoms with Crippen molar-refractivity contribution in [1.82, 2.24) is 10.3 Å². The van der Waals surface area contributed by atoms with Crippen LogP contribution in [0.2, 0.25) is 0 Å². The van der Waals surface area contributed by atoms with Gasteiger partial charge in [-0.1, -0.05) is 43.7 Å². The van der Waals surface area contributed by atoms with Crippen molar-refractivity contribution < 1.29 is 9.59 Å². The van der Waals surface area contributed by atoms with Gasteiger partial charge in [0.05, 0.1) is 18.3 Å². The SMILES string of the molecule is CCCC(N)C(=O)C(=O)NCc1csc(-c2ccccc2)n1. The van der Waals surface area contributed by atoms with Gasteiger partial charge in [0.1, 0.15) is 5.01 Å². The van der Waals surface area contributed by atoms with Crippen LogP contribution in [0.25, 0.3) is 10.6 Å². The molecule has 22 heavy (non-hydrogen) atoms. The summed E-state index contributed by atoms with van der Waals surface area (Å²) in [6.07, 6.45) is 1.29. The lowest BCUT2D eigenvalue weighted by Crippen LogP contribution is -2.42. The minimum absolute atomic E-state index is 0.229. The number of aromatic nitrogens is 1. The van der Waals surface area contributed by atoms with Gasteiger partial charge in [-0.15, -0.1) is 11.3 Å². The number of carbonyl (C=O) groups excluding carboxylic acids is 2. The monoisotopic (exact) mass is 317 g/mol. The third-order valence-corrected chi connectivity index (χ3v) is 4.10. The maximum Gasteiger partial charge on any atom is 0.289 e. The fourth-order valence-corrected chi connectivity index (χ4v) is 2.80. The molecule has 0 fully saturated rings. The maximum atomic E-state index is 11.7. The summed E-state index contributed by atoms with van der Waals surface area (Å²) in [5.74, 6) is -1.21. The molecule has 0 saturated heterocycles. The molecule has 0 saturated carbocycles. The van der Waals surface area contributed by atoms with Gasteiger partial charge in [-0.3, -0.25) is 9.59 Å². The Morgan fingerprint density at radius 1 is 1.32 bits per heavy atom. The first-order valence-electron chi connectivity index (χ1n) is 7.19. The van der Waals surface area contributed by atoms with E-state index in [0.717, 1.165) is 22.7 Å². The molecular weight excluding hydrogens is 298 g/mol. The van der Waals surface area contributed by atoms with Crippen molar-refractivity contribution in [3.63, 3.8) is 0 Å². The van der Waals surface area contributed by atoms with Crippen LogP contribution in [0.5, 0.6) is 0 Å². The molecule has 1 amide bonds. The van der Waals surface area contributed by atoms with E-state index >= 15 is 0 Å². The highest BCUT2D eigenvalue weighted by Gasteiger charge is 2.20.